The minimum Gasteiger partial charge on any atom is -0.378 e. The second kappa shape index (κ2) is 6.05. The van der Waals surface area contributed by atoms with Crippen molar-refractivity contribution in [3.63, 3.8) is 0 Å². The normalized spacial score (nSPS) is 38.0. The number of hydrogen-bond acceptors (Lipinski definition) is 2. The molecule has 0 spiro atoms. The topological polar surface area (TPSA) is 38.3 Å². The minimum absolute atomic E-state index is 0.0550. The van der Waals surface area contributed by atoms with Crippen LogP contribution in [0.3, 0.4) is 0 Å². The highest BCUT2D eigenvalue weighted by molar-refractivity contribution is 6.20. The lowest BCUT2D eigenvalue weighted by molar-refractivity contribution is -0.126. The fraction of sp³-hybridized carbons (Fsp3) is 0.923. The van der Waals surface area contributed by atoms with Crippen LogP contribution in [0.1, 0.15) is 39.0 Å². The Hall–Kier alpha value is -0.280. The summed E-state index contributed by atoms with van der Waals surface area (Å²) < 4.78 is 5.41. The zero-order valence-corrected chi connectivity index (χ0v) is 11.2. The van der Waals surface area contributed by atoms with E-state index < -0.39 is 0 Å². The number of ether oxygens (including phenoxy) is 1. The van der Waals surface area contributed by atoms with Crippen LogP contribution in [0.2, 0.25) is 0 Å². The molecule has 2 rings (SSSR count). The van der Waals surface area contributed by atoms with Crippen LogP contribution in [0.15, 0.2) is 0 Å². The summed E-state index contributed by atoms with van der Waals surface area (Å²) in [7, 11) is 0. The highest BCUT2D eigenvalue weighted by atomic mass is 35.5. The van der Waals surface area contributed by atoms with Crippen molar-refractivity contribution in [1.82, 2.24) is 5.32 Å². The maximum absolute atomic E-state index is 11.9. The van der Waals surface area contributed by atoms with Crippen molar-refractivity contribution in [2.75, 3.05) is 13.2 Å². The van der Waals surface area contributed by atoms with Gasteiger partial charge in [-0.05, 0) is 44.9 Å². The lowest BCUT2D eigenvalue weighted by Gasteiger charge is -2.25. The summed E-state index contributed by atoms with van der Waals surface area (Å²) in [4.78, 5) is 11.9. The molecule has 0 aromatic rings. The van der Waals surface area contributed by atoms with Gasteiger partial charge in [-0.15, -0.1) is 11.6 Å². The van der Waals surface area contributed by atoms with Gasteiger partial charge in [-0.1, -0.05) is 0 Å². The standard InChI is InChI=1S/C13H22ClNO2/c1-9-12(6-7-17-9)13(16)15-8-10-2-4-11(14)5-3-10/h9-12H,2-8H2,1H3,(H,15,16). The second-order valence-electron chi connectivity index (χ2n) is 5.33. The van der Waals surface area contributed by atoms with E-state index >= 15 is 0 Å². The maximum atomic E-state index is 11.9. The molecule has 2 unspecified atom stereocenters. The van der Waals surface area contributed by atoms with Gasteiger partial charge in [0.15, 0.2) is 0 Å². The molecule has 3 nitrogen and oxygen atoms in total. The minimum atomic E-state index is 0.0550. The molecule has 4 heteroatoms. The molecule has 2 fully saturated rings. The Morgan fingerprint density at radius 2 is 2.00 bits per heavy atom. The SMILES string of the molecule is CC1OCCC1C(=O)NCC1CCC(Cl)CC1. The quantitative estimate of drug-likeness (QED) is 0.790. The molecule has 1 aliphatic carbocycles. The van der Waals surface area contributed by atoms with E-state index in [1.807, 2.05) is 6.92 Å². The Bertz CT molecular complexity index is 264. The number of alkyl halides is 1. The van der Waals surface area contributed by atoms with Crippen molar-refractivity contribution in [3.05, 3.63) is 0 Å². The first kappa shape index (κ1) is 13.2. The zero-order chi connectivity index (χ0) is 12.3. The number of carbonyl (C=O) groups excluding carboxylic acids is 1. The van der Waals surface area contributed by atoms with Gasteiger partial charge in [-0.3, -0.25) is 4.79 Å². The highest BCUT2D eigenvalue weighted by Gasteiger charge is 2.31. The predicted molar refractivity (Wildman–Crippen MR) is 68.1 cm³/mol. The Balaban J connectivity index is 1.69. The summed E-state index contributed by atoms with van der Waals surface area (Å²) in [5.74, 6) is 0.842. The van der Waals surface area contributed by atoms with E-state index in [0.717, 1.165) is 45.3 Å². The number of amides is 1. The number of nitrogens with one attached hydrogen (secondary N) is 1. The fourth-order valence-corrected chi connectivity index (χ4v) is 3.03. The van der Waals surface area contributed by atoms with Gasteiger partial charge in [0.1, 0.15) is 0 Å². The first-order valence-corrected chi connectivity index (χ1v) is 7.14. The van der Waals surface area contributed by atoms with Gasteiger partial charge < -0.3 is 10.1 Å². The Kier molecular flexibility index (Phi) is 4.69. The number of carbonyl (C=O) groups is 1. The Morgan fingerprint density at radius 3 is 2.59 bits per heavy atom. The van der Waals surface area contributed by atoms with Crippen LogP contribution in [-0.4, -0.2) is 30.5 Å². The van der Waals surface area contributed by atoms with Crippen LogP contribution in [0.4, 0.5) is 0 Å². The van der Waals surface area contributed by atoms with Gasteiger partial charge in [0, 0.05) is 18.5 Å². The van der Waals surface area contributed by atoms with Gasteiger partial charge in [0.25, 0.3) is 0 Å². The van der Waals surface area contributed by atoms with E-state index in [1.165, 1.54) is 0 Å². The van der Waals surface area contributed by atoms with E-state index in [2.05, 4.69) is 5.32 Å². The first-order chi connectivity index (χ1) is 8.16. The van der Waals surface area contributed by atoms with E-state index in [9.17, 15) is 4.79 Å². The van der Waals surface area contributed by atoms with Crippen molar-refractivity contribution in [2.45, 2.75) is 50.5 Å². The molecular weight excluding hydrogens is 238 g/mol. The molecule has 2 aliphatic rings. The van der Waals surface area contributed by atoms with Crippen LogP contribution in [0.5, 0.6) is 0 Å². The molecule has 0 radical (unpaired) electrons. The highest BCUT2D eigenvalue weighted by Crippen LogP contribution is 2.27. The molecule has 0 bridgehead atoms. The number of halogens is 1. The molecule has 1 saturated heterocycles. The third kappa shape index (κ3) is 3.59. The lowest BCUT2D eigenvalue weighted by atomic mass is 9.88. The summed E-state index contributed by atoms with van der Waals surface area (Å²) in [6.07, 6.45) is 5.40. The van der Waals surface area contributed by atoms with Crippen molar-refractivity contribution < 1.29 is 9.53 Å². The average molecular weight is 260 g/mol. The van der Waals surface area contributed by atoms with E-state index in [4.69, 9.17) is 16.3 Å². The summed E-state index contributed by atoms with van der Waals surface area (Å²) in [5.41, 5.74) is 0. The summed E-state index contributed by atoms with van der Waals surface area (Å²) in [6.45, 7) is 3.51. The molecular formula is C13H22ClNO2. The molecule has 2 atom stereocenters. The molecule has 0 aromatic heterocycles. The van der Waals surface area contributed by atoms with Gasteiger partial charge in [-0.2, -0.15) is 0 Å². The molecule has 1 saturated carbocycles. The van der Waals surface area contributed by atoms with Crippen molar-refractivity contribution >= 4 is 17.5 Å². The van der Waals surface area contributed by atoms with E-state index in [-0.39, 0.29) is 17.9 Å². The molecule has 17 heavy (non-hydrogen) atoms. The smallest absolute Gasteiger partial charge is 0.225 e. The third-order valence-electron chi connectivity index (χ3n) is 4.05. The summed E-state index contributed by atoms with van der Waals surface area (Å²) in [6, 6.07) is 0. The Morgan fingerprint density at radius 1 is 1.29 bits per heavy atom. The van der Waals surface area contributed by atoms with Gasteiger partial charge in [0.2, 0.25) is 5.91 Å². The van der Waals surface area contributed by atoms with E-state index in [1.54, 1.807) is 0 Å². The largest absolute Gasteiger partial charge is 0.378 e. The number of hydrogen-bond donors (Lipinski definition) is 1. The van der Waals surface area contributed by atoms with Crippen molar-refractivity contribution in [2.24, 2.45) is 11.8 Å². The van der Waals surface area contributed by atoms with Gasteiger partial charge in [-0.25, -0.2) is 0 Å². The van der Waals surface area contributed by atoms with Crippen LogP contribution in [0.25, 0.3) is 0 Å². The molecule has 98 valence electrons. The van der Waals surface area contributed by atoms with Crippen LogP contribution in [0, 0.1) is 11.8 Å². The van der Waals surface area contributed by atoms with Crippen LogP contribution in [-0.2, 0) is 9.53 Å². The molecule has 1 N–H and O–H groups in total. The van der Waals surface area contributed by atoms with Crippen LogP contribution >= 0.6 is 11.6 Å². The maximum Gasteiger partial charge on any atom is 0.225 e. The average Bonchev–Trinajstić information content (AvgIpc) is 2.74. The second-order valence-corrected chi connectivity index (χ2v) is 5.95. The molecule has 1 amide bonds. The lowest BCUT2D eigenvalue weighted by Crippen LogP contribution is -2.37. The van der Waals surface area contributed by atoms with Crippen molar-refractivity contribution in [3.8, 4) is 0 Å². The number of rotatable bonds is 3. The summed E-state index contributed by atoms with van der Waals surface area (Å²) >= 11 is 6.06. The van der Waals surface area contributed by atoms with E-state index in [0.29, 0.717) is 11.3 Å². The zero-order valence-electron chi connectivity index (χ0n) is 10.5. The van der Waals surface area contributed by atoms with Gasteiger partial charge in [0.05, 0.1) is 12.0 Å². The molecule has 0 aromatic carbocycles. The predicted octanol–water partition coefficient (Wildman–Crippen LogP) is 2.33. The Labute approximate surface area is 108 Å². The fourth-order valence-electron chi connectivity index (χ4n) is 2.78. The molecule has 1 aliphatic heterocycles. The third-order valence-corrected chi connectivity index (χ3v) is 4.49. The van der Waals surface area contributed by atoms with Crippen LogP contribution < -0.4 is 5.32 Å². The molecule has 1 heterocycles. The first-order valence-electron chi connectivity index (χ1n) is 6.70. The summed E-state index contributed by atoms with van der Waals surface area (Å²) in [5, 5.41) is 3.43. The van der Waals surface area contributed by atoms with Gasteiger partial charge >= 0.3 is 0 Å². The monoisotopic (exact) mass is 259 g/mol. The van der Waals surface area contributed by atoms with Crippen molar-refractivity contribution in [1.29, 1.82) is 0 Å².